The molecule has 0 aromatic heterocycles. The molecule has 3 nitrogen and oxygen atoms in total. The van der Waals surface area contributed by atoms with Crippen LogP contribution in [0.5, 0.6) is 0 Å². The van der Waals surface area contributed by atoms with Gasteiger partial charge in [-0.15, -0.1) is 0 Å². The zero-order chi connectivity index (χ0) is 13.0. The molecule has 0 amide bonds. The molecule has 18 heavy (non-hydrogen) atoms. The number of ketones is 1. The van der Waals surface area contributed by atoms with Gasteiger partial charge in [-0.1, -0.05) is 30.3 Å². The van der Waals surface area contributed by atoms with Crippen LogP contribution in [0.25, 0.3) is 6.08 Å². The van der Waals surface area contributed by atoms with Crippen LogP contribution in [-0.4, -0.2) is 38.0 Å². The molecule has 94 valence electrons. The van der Waals surface area contributed by atoms with Crippen molar-refractivity contribution in [3.8, 4) is 0 Å². The van der Waals surface area contributed by atoms with E-state index in [4.69, 9.17) is 4.74 Å². The lowest BCUT2D eigenvalue weighted by atomic mass is 10.0. The Bertz CT molecular complexity index is 486. The monoisotopic (exact) mass is 243 g/mol. The van der Waals surface area contributed by atoms with Crippen LogP contribution >= 0.6 is 0 Å². The summed E-state index contributed by atoms with van der Waals surface area (Å²) in [6.07, 6.45) is 3.71. The van der Waals surface area contributed by atoms with Crippen molar-refractivity contribution in [2.45, 2.75) is 0 Å². The molecule has 3 heteroatoms. The zero-order valence-corrected chi connectivity index (χ0v) is 10.7. The largest absolute Gasteiger partial charge is 0.383 e. The normalized spacial score (nSPS) is 20.4. The Balaban J connectivity index is 2.24. The third kappa shape index (κ3) is 3.08. The van der Waals surface area contributed by atoms with E-state index in [-0.39, 0.29) is 5.78 Å². The van der Waals surface area contributed by atoms with Crippen LogP contribution in [0.2, 0.25) is 0 Å². The number of Topliss-reactive ketones (excluding diaryl/α,β-unsaturated/α-hetero) is 1. The van der Waals surface area contributed by atoms with Crippen LogP contribution in [0, 0.1) is 0 Å². The van der Waals surface area contributed by atoms with Gasteiger partial charge < -0.3 is 9.64 Å². The van der Waals surface area contributed by atoms with E-state index in [0.717, 1.165) is 5.56 Å². The van der Waals surface area contributed by atoms with Crippen molar-refractivity contribution in [3.05, 3.63) is 53.2 Å². The highest BCUT2D eigenvalue weighted by Gasteiger charge is 2.21. The molecule has 1 aromatic rings. The number of hydrogen-bond donors (Lipinski definition) is 0. The first-order valence-corrected chi connectivity index (χ1v) is 5.92. The molecule has 1 aliphatic heterocycles. The van der Waals surface area contributed by atoms with Gasteiger partial charge in [0, 0.05) is 31.4 Å². The molecule has 0 bridgehead atoms. The predicted octanol–water partition coefficient (Wildman–Crippen LogP) is 2.11. The molecule has 0 radical (unpaired) electrons. The second-order valence-electron chi connectivity index (χ2n) is 4.52. The van der Waals surface area contributed by atoms with Crippen LogP contribution in [0.4, 0.5) is 0 Å². The standard InChI is InChI=1S/C15H17NO2/c1-16(2)9-14-11-18-10-13(15(14)17)8-12-6-4-3-5-7-12/h3-9H,10-11H2,1-2H3/b13-8+,14-9+. The molecule has 1 saturated heterocycles. The molecule has 0 saturated carbocycles. The fourth-order valence-corrected chi connectivity index (χ4v) is 1.87. The van der Waals surface area contributed by atoms with Crippen LogP contribution in [0.1, 0.15) is 5.56 Å². The molecule has 1 aromatic carbocycles. The van der Waals surface area contributed by atoms with Gasteiger partial charge in [-0.25, -0.2) is 0 Å². The summed E-state index contributed by atoms with van der Waals surface area (Å²) in [6.45, 7) is 0.779. The Morgan fingerprint density at radius 2 is 1.78 bits per heavy atom. The highest BCUT2D eigenvalue weighted by Crippen LogP contribution is 2.17. The number of carbonyl (C=O) groups is 1. The van der Waals surface area contributed by atoms with Gasteiger partial charge in [-0.2, -0.15) is 0 Å². The van der Waals surface area contributed by atoms with E-state index in [1.165, 1.54) is 0 Å². The lowest BCUT2D eigenvalue weighted by Gasteiger charge is -2.19. The molecule has 0 unspecified atom stereocenters. The van der Waals surface area contributed by atoms with Gasteiger partial charge in [0.2, 0.25) is 0 Å². The van der Waals surface area contributed by atoms with Crippen LogP contribution in [-0.2, 0) is 9.53 Å². The van der Waals surface area contributed by atoms with E-state index < -0.39 is 0 Å². The van der Waals surface area contributed by atoms with Gasteiger partial charge in [-0.3, -0.25) is 4.79 Å². The first-order chi connectivity index (χ1) is 8.66. The fraction of sp³-hybridized carbons (Fsp3) is 0.267. The third-order valence-corrected chi connectivity index (χ3v) is 2.65. The summed E-state index contributed by atoms with van der Waals surface area (Å²) >= 11 is 0. The molecule has 1 aliphatic rings. The summed E-state index contributed by atoms with van der Waals surface area (Å²) in [5.41, 5.74) is 2.43. The summed E-state index contributed by atoms with van der Waals surface area (Å²) in [7, 11) is 3.80. The Morgan fingerprint density at radius 3 is 2.44 bits per heavy atom. The van der Waals surface area contributed by atoms with Gasteiger partial charge in [0.05, 0.1) is 13.2 Å². The zero-order valence-electron chi connectivity index (χ0n) is 10.7. The minimum absolute atomic E-state index is 0.0822. The van der Waals surface area contributed by atoms with Crippen LogP contribution in [0.15, 0.2) is 47.7 Å². The van der Waals surface area contributed by atoms with E-state index in [9.17, 15) is 4.79 Å². The number of benzene rings is 1. The number of rotatable bonds is 2. The number of ether oxygens (including phenoxy) is 1. The first-order valence-electron chi connectivity index (χ1n) is 5.92. The summed E-state index contributed by atoms with van der Waals surface area (Å²) < 4.78 is 5.45. The third-order valence-electron chi connectivity index (χ3n) is 2.65. The SMILES string of the molecule is CN(C)/C=C1\COC/C(=C\c2ccccc2)C1=O. The average Bonchev–Trinajstić information content (AvgIpc) is 2.35. The van der Waals surface area contributed by atoms with E-state index >= 15 is 0 Å². The second kappa shape index (κ2) is 5.65. The summed E-state index contributed by atoms with van der Waals surface area (Å²) in [5, 5.41) is 0. The van der Waals surface area contributed by atoms with E-state index in [2.05, 4.69) is 0 Å². The van der Waals surface area contributed by atoms with Crippen molar-refractivity contribution in [2.75, 3.05) is 27.3 Å². The molecular weight excluding hydrogens is 226 g/mol. The Morgan fingerprint density at radius 1 is 1.11 bits per heavy atom. The van der Waals surface area contributed by atoms with Crippen molar-refractivity contribution in [3.63, 3.8) is 0 Å². The maximum absolute atomic E-state index is 12.2. The quantitative estimate of drug-likeness (QED) is 0.745. The van der Waals surface area contributed by atoms with Crippen molar-refractivity contribution in [1.82, 2.24) is 4.90 Å². The first kappa shape index (κ1) is 12.6. The van der Waals surface area contributed by atoms with Crippen molar-refractivity contribution in [2.24, 2.45) is 0 Å². The van der Waals surface area contributed by atoms with Gasteiger partial charge in [0.25, 0.3) is 0 Å². The molecule has 2 rings (SSSR count). The second-order valence-corrected chi connectivity index (χ2v) is 4.52. The van der Waals surface area contributed by atoms with E-state index in [0.29, 0.717) is 24.4 Å². The minimum atomic E-state index is 0.0822. The molecular formula is C15H17NO2. The summed E-state index contributed by atoms with van der Waals surface area (Å²) in [6, 6.07) is 9.82. The molecule has 1 heterocycles. The number of hydrogen-bond acceptors (Lipinski definition) is 3. The summed E-state index contributed by atoms with van der Waals surface area (Å²) in [4.78, 5) is 14.1. The van der Waals surface area contributed by atoms with Gasteiger partial charge in [0.1, 0.15) is 0 Å². The lowest BCUT2D eigenvalue weighted by Crippen LogP contribution is -2.23. The van der Waals surface area contributed by atoms with Crippen molar-refractivity contribution >= 4 is 11.9 Å². The fourth-order valence-electron chi connectivity index (χ4n) is 1.87. The van der Waals surface area contributed by atoms with Crippen LogP contribution in [0.3, 0.4) is 0 Å². The molecule has 0 N–H and O–H groups in total. The Kier molecular flexibility index (Phi) is 3.95. The molecule has 0 atom stereocenters. The van der Waals surface area contributed by atoms with Gasteiger partial charge in [0.15, 0.2) is 5.78 Å². The molecule has 1 fully saturated rings. The maximum Gasteiger partial charge on any atom is 0.191 e. The number of nitrogens with zero attached hydrogens (tertiary/aromatic N) is 1. The van der Waals surface area contributed by atoms with E-state index in [1.54, 1.807) is 0 Å². The molecule has 0 aliphatic carbocycles. The topological polar surface area (TPSA) is 29.5 Å². The Hall–Kier alpha value is -1.87. The highest BCUT2D eigenvalue weighted by molar-refractivity contribution is 6.11. The average molecular weight is 243 g/mol. The predicted molar refractivity (Wildman–Crippen MR) is 72.0 cm³/mol. The minimum Gasteiger partial charge on any atom is -0.383 e. The van der Waals surface area contributed by atoms with Crippen molar-refractivity contribution < 1.29 is 9.53 Å². The number of carbonyl (C=O) groups excluding carboxylic acids is 1. The van der Waals surface area contributed by atoms with Crippen LogP contribution < -0.4 is 0 Å². The molecule has 0 spiro atoms. The summed E-state index contributed by atoms with van der Waals surface area (Å²) in [5.74, 6) is 0.0822. The smallest absolute Gasteiger partial charge is 0.191 e. The lowest BCUT2D eigenvalue weighted by molar-refractivity contribution is -0.114. The van der Waals surface area contributed by atoms with Gasteiger partial charge in [-0.05, 0) is 11.6 Å². The van der Waals surface area contributed by atoms with Crippen molar-refractivity contribution in [1.29, 1.82) is 0 Å². The Labute approximate surface area is 107 Å². The van der Waals surface area contributed by atoms with E-state index in [1.807, 2.05) is 61.6 Å². The highest BCUT2D eigenvalue weighted by atomic mass is 16.5. The van der Waals surface area contributed by atoms with Gasteiger partial charge >= 0.3 is 0 Å². The maximum atomic E-state index is 12.2.